The molecule has 2 aliphatic carbocycles. The van der Waals surface area contributed by atoms with Gasteiger partial charge in [0, 0.05) is 24.3 Å². The molecule has 0 spiro atoms. The molecule has 2 saturated carbocycles. The zero-order chi connectivity index (χ0) is 13.7. The fourth-order valence-corrected chi connectivity index (χ4v) is 3.87. The average Bonchev–Trinajstić information content (AvgIpc) is 3.26. The van der Waals surface area contributed by atoms with Gasteiger partial charge in [0.05, 0.1) is 0 Å². The first-order valence-electron chi connectivity index (χ1n) is 7.15. The van der Waals surface area contributed by atoms with Crippen LogP contribution in [0.3, 0.4) is 0 Å². The molecule has 3 rings (SSSR count). The summed E-state index contributed by atoms with van der Waals surface area (Å²) in [6, 6.07) is 0. The quantitative estimate of drug-likeness (QED) is 0.848. The molecule has 0 radical (unpaired) electrons. The van der Waals surface area contributed by atoms with E-state index in [2.05, 4.69) is 11.6 Å². The van der Waals surface area contributed by atoms with E-state index in [0.29, 0.717) is 18.9 Å². The average molecular weight is 282 g/mol. The summed E-state index contributed by atoms with van der Waals surface area (Å²) < 4.78 is 0.271. The van der Waals surface area contributed by atoms with Crippen LogP contribution in [-0.2, 0) is 9.59 Å². The number of carbonyl (C=O) groups is 2. The van der Waals surface area contributed by atoms with Gasteiger partial charge in [-0.2, -0.15) is 11.8 Å². The molecule has 2 amide bonds. The van der Waals surface area contributed by atoms with Crippen LogP contribution in [0.1, 0.15) is 39.0 Å². The summed E-state index contributed by atoms with van der Waals surface area (Å²) in [4.78, 5) is 26.6. The Bertz CT molecular complexity index is 418. The highest BCUT2D eigenvalue weighted by Crippen LogP contribution is 2.48. The predicted molar refractivity (Wildman–Crippen MR) is 75.9 cm³/mol. The van der Waals surface area contributed by atoms with Crippen molar-refractivity contribution in [3.8, 4) is 0 Å². The van der Waals surface area contributed by atoms with Gasteiger partial charge in [0.2, 0.25) is 11.8 Å². The lowest BCUT2D eigenvalue weighted by Gasteiger charge is -2.34. The van der Waals surface area contributed by atoms with Crippen molar-refractivity contribution >= 4 is 23.6 Å². The minimum absolute atomic E-state index is 0.0271. The zero-order valence-electron chi connectivity index (χ0n) is 11.7. The Morgan fingerprint density at radius 2 is 2.05 bits per heavy atom. The molecule has 0 aromatic rings. The molecule has 5 heteroatoms. The second-order valence-corrected chi connectivity index (χ2v) is 7.66. The molecule has 0 aromatic heterocycles. The van der Waals surface area contributed by atoms with Crippen LogP contribution in [0.5, 0.6) is 0 Å². The Labute approximate surface area is 118 Å². The van der Waals surface area contributed by atoms with Gasteiger partial charge in [-0.15, -0.1) is 0 Å². The number of hydrogen-bond acceptors (Lipinski definition) is 3. The van der Waals surface area contributed by atoms with E-state index in [4.69, 9.17) is 0 Å². The van der Waals surface area contributed by atoms with Gasteiger partial charge in [-0.25, -0.2) is 0 Å². The topological polar surface area (TPSA) is 49.4 Å². The van der Waals surface area contributed by atoms with Gasteiger partial charge in [0.15, 0.2) is 0 Å². The molecule has 1 aliphatic heterocycles. The lowest BCUT2D eigenvalue weighted by atomic mass is 9.94. The molecule has 3 aliphatic rings. The molecular formula is C14H22N2O2S. The summed E-state index contributed by atoms with van der Waals surface area (Å²) in [5.41, 5.74) is -0.651. The highest BCUT2D eigenvalue weighted by molar-refractivity contribution is 8.00. The van der Waals surface area contributed by atoms with Gasteiger partial charge < -0.3 is 10.2 Å². The maximum atomic E-state index is 12.8. The van der Waals surface area contributed by atoms with E-state index >= 15 is 0 Å². The first-order chi connectivity index (χ1) is 8.99. The minimum atomic E-state index is -0.651. The Kier molecular flexibility index (Phi) is 3.08. The summed E-state index contributed by atoms with van der Waals surface area (Å²) in [6.45, 7) is 3.31. The summed E-state index contributed by atoms with van der Waals surface area (Å²) in [7, 11) is 0. The molecule has 1 atom stereocenters. The summed E-state index contributed by atoms with van der Waals surface area (Å²) in [6.07, 6.45) is 7.07. The highest BCUT2D eigenvalue weighted by Gasteiger charge is 2.53. The summed E-state index contributed by atoms with van der Waals surface area (Å²) in [5.74, 6) is 0.509. The first-order valence-corrected chi connectivity index (χ1v) is 8.37. The Morgan fingerprint density at radius 3 is 2.58 bits per heavy atom. The predicted octanol–water partition coefficient (Wildman–Crippen LogP) is 1.40. The van der Waals surface area contributed by atoms with Crippen molar-refractivity contribution in [2.45, 2.75) is 49.3 Å². The van der Waals surface area contributed by atoms with E-state index in [1.165, 1.54) is 12.8 Å². The van der Waals surface area contributed by atoms with E-state index in [-0.39, 0.29) is 16.6 Å². The molecule has 1 N–H and O–H groups in total. The van der Waals surface area contributed by atoms with Crippen LogP contribution in [0.15, 0.2) is 0 Å². The molecule has 0 bridgehead atoms. The smallest absolute Gasteiger partial charge is 0.248 e. The molecule has 4 nitrogen and oxygen atoms in total. The third-order valence-corrected chi connectivity index (χ3v) is 6.26. The standard InChI is InChI=1S/C14H22N2O2S/c1-13(10-3-4-10)12(18)16(8-5-11(17)15-13)9-14(19-2)6-7-14/h10H,3-9H2,1-2H3,(H,15,17). The van der Waals surface area contributed by atoms with Gasteiger partial charge in [0.1, 0.15) is 5.54 Å². The van der Waals surface area contributed by atoms with Crippen molar-refractivity contribution < 1.29 is 9.59 Å². The fourth-order valence-electron chi connectivity index (χ4n) is 3.07. The number of nitrogens with one attached hydrogen (secondary N) is 1. The van der Waals surface area contributed by atoms with Crippen LogP contribution in [0.4, 0.5) is 0 Å². The third kappa shape index (κ3) is 2.37. The second kappa shape index (κ2) is 4.40. The molecule has 1 heterocycles. The summed E-state index contributed by atoms with van der Waals surface area (Å²) in [5, 5.41) is 2.98. The molecule has 1 saturated heterocycles. The van der Waals surface area contributed by atoms with Crippen LogP contribution in [0.25, 0.3) is 0 Å². The van der Waals surface area contributed by atoms with Crippen molar-refractivity contribution in [2.75, 3.05) is 19.3 Å². The van der Waals surface area contributed by atoms with Gasteiger partial charge in [-0.3, -0.25) is 9.59 Å². The molecule has 3 fully saturated rings. The fraction of sp³-hybridized carbons (Fsp3) is 0.857. The molecule has 19 heavy (non-hydrogen) atoms. The normalized spacial score (nSPS) is 33.9. The van der Waals surface area contributed by atoms with Crippen LogP contribution >= 0.6 is 11.8 Å². The van der Waals surface area contributed by atoms with Gasteiger partial charge >= 0.3 is 0 Å². The number of carbonyl (C=O) groups excluding carboxylic acids is 2. The van der Waals surface area contributed by atoms with Crippen LogP contribution in [0, 0.1) is 5.92 Å². The number of thioether (sulfide) groups is 1. The maximum absolute atomic E-state index is 12.8. The molecular weight excluding hydrogens is 260 g/mol. The lowest BCUT2D eigenvalue weighted by molar-refractivity contribution is -0.139. The van der Waals surface area contributed by atoms with Gasteiger partial charge in [0.25, 0.3) is 0 Å². The van der Waals surface area contributed by atoms with E-state index in [9.17, 15) is 9.59 Å². The Hall–Kier alpha value is -0.710. The van der Waals surface area contributed by atoms with E-state index in [1.54, 1.807) is 0 Å². The molecule has 1 unspecified atom stereocenters. The number of nitrogens with zero attached hydrogens (tertiary/aromatic N) is 1. The van der Waals surface area contributed by atoms with Crippen molar-refractivity contribution in [2.24, 2.45) is 5.92 Å². The number of amides is 2. The van der Waals surface area contributed by atoms with Crippen LogP contribution in [0.2, 0.25) is 0 Å². The van der Waals surface area contributed by atoms with Crippen LogP contribution in [-0.4, -0.2) is 46.3 Å². The largest absolute Gasteiger partial charge is 0.342 e. The minimum Gasteiger partial charge on any atom is -0.342 e. The van der Waals surface area contributed by atoms with Crippen molar-refractivity contribution in [3.05, 3.63) is 0 Å². The number of hydrogen-bond donors (Lipinski definition) is 1. The van der Waals surface area contributed by atoms with Gasteiger partial charge in [-0.1, -0.05) is 0 Å². The lowest BCUT2D eigenvalue weighted by Crippen LogP contribution is -2.57. The first kappa shape index (κ1) is 13.3. The maximum Gasteiger partial charge on any atom is 0.248 e. The highest BCUT2D eigenvalue weighted by atomic mass is 32.2. The van der Waals surface area contributed by atoms with E-state index in [1.807, 2.05) is 23.6 Å². The van der Waals surface area contributed by atoms with Crippen molar-refractivity contribution in [1.29, 1.82) is 0 Å². The van der Waals surface area contributed by atoms with Crippen molar-refractivity contribution in [1.82, 2.24) is 10.2 Å². The Balaban J connectivity index is 1.79. The zero-order valence-corrected chi connectivity index (χ0v) is 12.5. The van der Waals surface area contributed by atoms with Crippen LogP contribution < -0.4 is 5.32 Å². The third-order valence-electron chi connectivity index (χ3n) is 4.85. The van der Waals surface area contributed by atoms with E-state index < -0.39 is 5.54 Å². The molecule has 106 valence electrons. The van der Waals surface area contributed by atoms with Gasteiger partial charge in [-0.05, 0) is 44.8 Å². The molecule has 0 aromatic carbocycles. The second-order valence-electron chi connectivity index (χ2n) is 6.39. The summed E-state index contributed by atoms with van der Waals surface area (Å²) >= 11 is 1.87. The SMILES string of the molecule is CSC1(CN2CCC(=O)NC(C)(C3CC3)C2=O)CC1. The van der Waals surface area contributed by atoms with Crippen molar-refractivity contribution in [3.63, 3.8) is 0 Å². The number of rotatable bonds is 4. The monoisotopic (exact) mass is 282 g/mol. The van der Waals surface area contributed by atoms with E-state index in [0.717, 1.165) is 19.4 Å². The Morgan fingerprint density at radius 1 is 1.37 bits per heavy atom.